The number of hydrogen-bond acceptors (Lipinski definition) is 2. The first kappa shape index (κ1) is 11.4. The van der Waals surface area contributed by atoms with Gasteiger partial charge in [0.2, 0.25) is 0 Å². The van der Waals surface area contributed by atoms with E-state index in [1.165, 1.54) is 0 Å². The molecule has 18 heavy (non-hydrogen) atoms. The molecule has 0 spiro atoms. The lowest BCUT2D eigenvalue weighted by molar-refractivity contribution is 1.34. The van der Waals surface area contributed by atoms with Gasteiger partial charge in [-0.05, 0) is 30.3 Å². The number of H-pyrrole nitrogens is 1. The van der Waals surface area contributed by atoms with E-state index in [0.717, 1.165) is 16.6 Å². The van der Waals surface area contributed by atoms with Crippen molar-refractivity contribution in [2.24, 2.45) is 0 Å². The van der Waals surface area contributed by atoms with Crippen LogP contribution < -0.4 is 5.73 Å². The van der Waals surface area contributed by atoms with Crippen LogP contribution in [-0.4, -0.2) is 9.97 Å². The van der Waals surface area contributed by atoms with Gasteiger partial charge in [-0.15, -0.1) is 0 Å². The number of imidazole rings is 1. The summed E-state index contributed by atoms with van der Waals surface area (Å²) in [7, 11) is 0. The van der Waals surface area contributed by atoms with E-state index >= 15 is 0 Å². The van der Waals surface area contributed by atoms with Gasteiger partial charge in [-0.1, -0.05) is 29.3 Å². The predicted octanol–water partition coefficient (Wildman–Crippen LogP) is 4.12. The van der Waals surface area contributed by atoms with Crippen molar-refractivity contribution in [3.63, 3.8) is 0 Å². The smallest absolute Gasteiger partial charge is 0.140 e. The Morgan fingerprint density at radius 3 is 2.72 bits per heavy atom. The Balaban J connectivity index is 2.26. The molecule has 0 radical (unpaired) electrons. The van der Waals surface area contributed by atoms with Crippen molar-refractivity contribution < 1.29 is 0 Å². The second-order valence-corrected chi connectivity index (χ2v) is 4.80. The fraction of sp³-hybridized carbons (Fsp3) is 0. The van der Waals surface area contributed by atoms with Gasteiger partial charge in [0.15, 0.2) is 0 Å². The highest BCUT2D eigenvalue weighted by Gasteiger charge is 2.10. The SMILES string of the molecule is Nc1cccc2[nH]c(-c3cc(Cl)ccc3Cl)nc12. The van der Waals surface area contributed by atoms with Crippen LogP contribution in [0.1, 0.15) is 0 Å². The first-order valence-corrected chi connectivity index (χ1v) is 6.10. The molecule has 0 atom stereocenters. The fourth-order valence-corrected chi connectivity index (χ4v) is 2.24. The maximum Gasteiger partial charge on any atom is 0.140 e. The quantitative estimate of drug-likeness (QED) is 0.658. The number of rotatable bonds is 1. The number of nitrogen functional groups attached to an aromatic ring is 1. The summed E-state index contributed by atoms with van der Waals surface area (Å²) < 4.78 is 0. The Bertz CT molecular complexity index is 734. The normalized spacial score (nSPS) is 11.0. The predicted molar refractivity (Wildman–Crippen MR) is 76.0 cm³/mol. The van der Waals surface area contributed by atoms with Gasteiger partial charge in [-0.3, -0.25) is 0 Å². The van der Waals surface area contributed by atoms with E-state index in [1.807, 2.05) is 18.2 Å². The fourth-order valence-electron chi connectivity index (χ4n) is 1.86. The third kappa shape index (κ3) is 1.82. The van der Waals surface area contributed by atoms with E-state index in [2.05, 4.69) is 9.97 Å². The lowest BCUT2D eigenvalue weighted by Gasteiger charge is -2.00. The molecule has 0 saturated heterocycles. The van der Waals surface area contributed by atoms with Gasteiger partial charge in [0.25, 0.3) is 0 Å². The number of para-hydroxylation sites is 1. The highest BCUT2D eigenvalue weighted by Crippen LogP contribution is 2.31. The third-order valence-electron chi connectivity index (χ3n) is 2.73. The average Bonchev–Trinajstić information content (AvgIpc) is 2.77. The minimum Gasteiger partial charge on any atom is -0.397 e. The number of nitrogens with two attached hydrogens (primary N) is 1. The van der Waals surface area contributed by atoms with Crippen molar-refractivity contribution >= 4 is 39.9 Å². The molecule has 0 bridgehead atoms. The molecule has 0 amide bonds. The summed E-state index contributed by atoms with van der Waals surface area (Å²) in [6.45, 7) is 0. The van der Waals surface area contributed by atoms with Crippen LogP contribution in [0.4, 0.5) is 5.69 Å². The Kier molecular flexibility index (Phi) is 2.65. The maximum atomic E-state index is 6.15. The number of hydrogen-bond donors (Lipinski definition) is 2. The topological polar surface area (TPSA) is 54.7 Å². The number of nitrogens with one attached hydrogen (secondary N) is 1. The molecule has 3 nitrogen and oxygen atoms in total. The van der Waals surface area contributed by atoms with Gasteiger partial charge in [-0.2, -0.15) is 0 Å². The first-order valence-electron chi connectivity index (χ1n) is 5.35. The van der Waals surface area contributed by atoms with Crippen molar-refractivity contribution in [2.75, 3.05) is 5.73 Å². The van der Waals surface area contributed by atoms with E-state index < -0.39 is 0 Å². The monoisotopic (exact) mass is 277 g/mol. The number of halogens is 2. The number of aromatic nitrogens is 2. The molecule has 0 saturated carbocycles. The van der Waals surface area contributed by atoms with Crippen molar-refractivity contribution in [1.82, 2.24) is 9.97 Å². The molecule has 0 aliphatic heterocycles. The number of anilines is 1. The molecule has 2 aromatic carbocycles. The molecule has 3 aromatic rings. The lowest BCUT2D eigenvalue weighted by Crippen LogP contribution is -1.85. The summed E-state index contributed by atoms with van der Waals surface area (Å²) in [4.78, 5) is 7.65. The van der Waals surface area contributed by atoms with E-state index in [9.17, 15) is 0 Å². The standard InChI is InChI=1S/C13H9Cl2N3/c14-7-4-5-9(15)8(6-7)13-17-11-3-1-2-10(16)12(11)18-13/h1-6H,16H2,(H,17,18). The maximum absolute atomic E-state index is 6.15. The molecule has 3 rings (SSSR count). The van der Waals surface area contributed by atoms with Crippen molar-refractivity contribution in [2.45, 2.75) is 0 Å². The zero-order chi connectivity index (χ0) is 12.7. The number of nitrogens with zero attached hydrogens (tertiary/aromatic N) is 1. The molecule has 5 heteroatoms. The molecule has 0 aliphatic carbocycles. The van der Waals surface area contributed by atoms with Crippen LogP contribution in [0.3, 0.4) is 0 Å². The number of benzene rings is 2. The Morgan fingerprint density at radius 1 is 1.11 bits per heavy atom. The second kappa shape index (κ2) is 4.19. The van der Waals surface area contributed by atoms with Gasteiger partial charge in [-0.25, -0.2) is 4.98 Å². The zero-order valence-corrected chi connectivity index (χ0v) is 10.8. The molecule has 1 heterocycles. The van der Waals surface area contributed by atoms with Crippen LogP contribution in [0.25, 0.3) is 22.4 Å². The van der Waals surface area contributed by atoms with Crippen LogP contribution in [0.2, 0.25) is 10.0 Å². The van der Waals surface area contributed by atoms with Gasteiger partial charge >= 0.3 is 0 Å². The summed E-state index contributed by atoms with van der Waals surface area (Å²) in [5.74, 6) is 0.662. The highest BCUT2D eigenvalue weighted by molar-refractivity contribution is 6.35. The molecule has 90 valence electrons. The van der Waals surface area contributed by atoms with Crippen LogP contribution in [0, 0.1) is 0 Å². The highest BCUT2D eigenvalue weighted by atomic mass is 35.5. The average molecular weight is 278 g/mol. The van der Waals surface area contributed by atoms with Gasteiger partial charge < -0.3 is 10.7 Å². The first-order chi connectivity index (χ1) is 8.65. The van der Waals surface area contributed by atoms with Crippen LogP contribution in [0.5, 0.6) is 0 Å². The van der Waals surface area contributed by atoms with Gasteiger partial charge in [0, 0.05) is 10.6 Å². The third-order valence-corrected chi connectivity index (χ3v) is 3.29. The summed E-state index contributed by atoms with van der Waals surface area (Å²) in [5.41, 5.74) is 8.89. The van der Waals surface area contributed by atoms with E-state index in [0.29, 0.717) is 21.6 Å². The zero-order valence-electron chi connectivity index (χ0n) is 9.24. The summed E-state index contributed by atoms with van der Waals surface area (Å²) >= 11 is 12.1. The molecule has 0 unspecified atom stereocenters. The number of aromatic amines is 1. The van der Waals surface area contributed by atoms with Gasteiger partial charge in [0.1, 0.15) is 11.3 Å². The number of fused-ring (bicyclic) bond motifs is 1. The molecular weight excluding hydrogens is 269 g/mol. The molecule has 3 N–H and O–H groups in total. The van der Waals surface area contributed by atoms with Crippen LogP contribution in [0.15, 0.2) is 36.4 Å². The largest absolute Gasteiger partial charge is 0.397 e. The van der Waals surface area contributed by atoms with Crippen LogP contribution in [-0.2, 0) is 0 Å². The minimum atomic E-state index is 0.594. The molecule has 0 fully saturated rings. The van der Waals surface area contributed by atoms with Crippen molar-refractivity contribution in [3.05, 3.63) is 46.4 Å². The molecule has 1 aromatic heterocycles. The second-order valence-electron chi connectivity index (χ2n) is 3.95. The Labute approximate surface area is 114 Å². The van der Waals surface area contributed by atoms with Crippen LogP contribution >= 0.6 is 23.2 Å². The minimum absolute atomic E-state index is 0.594. The molecular formula is C13H9Cl2N3. The van der Waals surface area contributed by atoms with E-state index in [1.54, 1.807) is 18.2 Å². The van der Waals surface area contributed by atoms with Gasteiger partial charge in [0.05, 0.1) is 16.2 Å². The Hall–Kier alpha value is -1.71. The summed E-state index contributed by atoms with van der Waals surface area (Å²) in [6.07, 6.45) is 0. The van der Waals surface area contributed by atoms with E-state index in [-0.39, 0.29) is 0 Å². The van der Waals surface area contributed by atoms with Crippen molar-refractivity contribution in [3.8, 4) is 11.4 Å². The lowest BCUT2D eigenvalue weighted by atomic mass is 10.2. The van der Waals surface area contributed by atoms with Crippen molar-refractivity contribution in [1.29, 1.82) is 0 Å². The molecule has 0 aliphatic rings. The van der Waals surface area contributed by atoms with E-state index in [4.69, 9.17) is 28.9 Å². The summed E-state index contributed by atoms with van der Waals surface area (Å²) in [5, 5.41) is 1.21. The Morgan fingerprint density at radius 2 is 1.94 bits per heavy atom. The summed E-state index contributed by atoms with van der Waals surface area (Å²) in [6, 6.07) is 10.9.